The van der Waals surface area contributed by atoms with Gasteiger partial charge < -0.3 is 15.3 Å². The Balaban J connectivity index is 2.03. The van der Waals surface area contributed by atoms with Gasteiger partial charge in [0.2, 0.25) is 0 Å². The Bertz CT molecular complexity index is 634. The number of benzene rings is 1. The smallest absolute Gasteiger partial charge is 0.147 e. The van der Waals surface area contributed by atoms with E-state index in [-0.39, 0.29) is 6.61 Å². The molecule has 0 unspecified atom stereocenters. The molecule has 5 heteroatoms. The molecule has 0 bridgehead atoms. The molecule has 2 aromatic rings. The van der Waals surface area contributed by atoms with Crippen molar-refractivity contribution >= 4 is 11.9 Å². The number of hydrogen-bond acceptors (Lipinski definition) is 5. The van der Waals surface area contributed by atoms with E-state index in [1.54, 1.807) is 19.4 Å². The molecule has 0 atom stereocenters. The van der Waals surface area contributed by atoms with Gasteiger partial charge in [-0.05, 0) is 43.7 Å². The average molecular weight is 285 g/mol. The second-order valence-corrected chi connectivity index (χ2v) is 4.75. The highest BCUT2D eigenvalue weighted by atomic mass is 16.6. The van der Waals surface area contributed by atoms with Gasteiger partial charge in [-0.15, -0.1) is 0 Å². The molecular weight excluding hydrogens is 266 g/mol. The van der Waals surface area contributed by atoms with Crippen molar-refractivity contribution in [2.45, 2.75) is 20.5 Å². The largest absolute Gasteiger partial charge is 0.496 e. The maximum Gasteiger partial charge on any atom is 0.147 e. The Hall–Kier alpha value is -2.56. The highest BCUT2D eigenvalue weighted by Gasteiger charge is 2.06. The first-order chi connectivity index (χ1) is 10.1. The molecule has 5 nitrogen and oxygen atoms in total. The Kier molecular flexibility index (Phi) is 4.77. The summed E-state index contributed by atoms with van der Waals surface area (Å²) in [6.45, 7) is 4.21. The van der Waals surface area contributed by atoms with Gasteiger partial charge in [0.15, 0.2) is 0 Å². The summed E-state index contributed by atoms with van der Waals surface area (Å²) in [6.07, 6.45) is 1.59. The summed E-state index contributed by atoms with van der Waals surface area (Å²) in [5, 5.41) is 3.94. The van der Waals surface area contributed by atoms with Crippen LogP contribution in [0.3, 0.4) is 0 Å². The fourth-order valence-corrected chi connectivity index (χ4v) is 2.06. The van der Waals surface area contributed by atoms with Gasteiger partial charge in [0.1, 0.15) is 12.4 Å². The molecule has 0 saturated heterocycles. The molecule has 1 aromatic heterocycles. The van der Waals surface area contributed by atoms with Crippen LogP contribution in [0.15, 0.2) is 35.5 Å². The van der Waals surface area contributed by atoms with Crippen LogP contribution < -0.4 is 10.5 Å². The first-order valence-corrected chi connectivity index (χ1v) is 6.62. The zero-order valence-corrected chi connectivity index (χ0v) is 12.5. The third-order valence-corrected chi connectivity index (χ3v) is 2.98. The standard InChI is InChI=1S/C16H19N3O2/c1-11-7-12(2)19-13(8-11)9-18-21-10-14-15(17)5-4-6-16(14)20-3/h4-9H,10,17H2,1-3H3. The topological polar surface area (TPSA) is 69.7 Å². The Morgan fingerprint density at radius 3 is 2.81 bits per heavy atom. The number of hydrogen-bond donors (Lipinski definition) is 1. The van der Waals surface area contributed by atoms with E-state index in [1.165, 1.54) is 0 Å². The normalized spacial score (nSPS) is 10.8. The third-order valence-electron chi connectivity index (χ3n) is 2.98. The number of pyridine rings is 1. The van der Waals surface area contributed by atoms with E-state index < -0.39 is 0 Å². The summed E-state index contributed by atoms with van der Waals surface area (Å²) < 4.78 is 5.25. The summed E-state index contributed by atoms with van der Waals surface area (Å²) in [4.78, 5) is 9.65. The van der Waals surface area contributed by atoms with Crippen LogP contribution >= 0.6 is 0 Å². The van der Waals surface area contributed by atoms with Crippen molar-refractivity contribution < 1.29 is 9.57 Å². The van der Waals surface area contributed by atoms with Crippen molar-refractivity contribution in [1.82, 2.24) is 4.98 Å². The van der Waals surface area contributed by atoms with E-state index >= 15 is 0 Å². The van der Waals surface area contributed by atoms with Gasteiger partial charge in [-0.25, -0.2) is 0 Å². The number of aromatic nitrogens is 1. The monoisotopic (exact) mass is 285 g/mol. The van der Waals surface area contributed by atoms with Crippen LogP contribution in [-0.2, 0) is 11.4 Å². The van der Waals surface area contributed by atoms with Crippen molar-refractivity contribution in [3.8, 4) is 5.75 Å². The van der Waals surface area contributed by atoms with Crippen molar-refractivity contribution in [1.29, 1.82) is 0 Å². The second kappa shape index (κ2) is 6.74. The summed E-state index contributed by atoms with van der Waals surface area (Å²) >= 11 is 0. The first-order valence-electron chi connectivity index (χ1n) is 6.62. The molecule has 0 aliphatic carbocycles. The van der Waals surface area contributed by atoms with Crippen LogP contribution in [0.1, 0.15) is 22.5 Å². The van der Waals surface area contributed by atoms with Gasteiger partial charge in [0, 0.05) is 11.4 Å². The van der Waals surface area contributed by atoms with Crippen molar-refractivity contribution in [3.63, 3.8) is 0 Å². The lowest BCUT2D eigenvalue weighted by atomic mass is 10.2. The molecule has 21 heavy (non-hydrogen) atoms. The van der Waals surface area contributed by atoms with Crippen LogP contribution in [0, 0.1) is 13.8 Å². The molecule has 0 amide bonds. The molecule has 0 aliphatic rings. The minimum atomic E-state index is 0.247. The lowest BCUT2D eigenvalue weighted by molar-refractivity contribution is 0.130. The number of anilines is 1. The molecule has 0 radical (unpaired) electrons. The Morgan fingerprint density at radius 2 is 2.10 bits per heavy atom. The van der Waals surface area contributed by atoms with Crippen molar-refractivity contribution in [2.24, 2.45) is 5.16 Å². The van der Waals surface area contributed by atoms with E-state index in [0.29, 0.717) is 11.4 Å². The summed E-state index contributed by atoms with van der Waals surface area (Å²) in [7, 11) is 1.60. The Morgan fingerprint density at radius 1 is 1.29 bits per heavy atom. The molecule has 0 fully saturated rings. The highest BCUT2D eigenvalue weighted by Crippen LogP contribution is 2.24. The predicted octanol–water partition coefficient (Wildman–Crippen LogP) is 2.84. The molecule has 2 N–H and O–H groups in total. The molecule has 0 spiro atoms. The number of ether oxygens (including phenoxy) is 1. The number of aryl methyl sites for hydroxylation is 2. The minimum absolute atomic E-state index is 0.247. The van der Waals surface area contributed by atoms with E-state index in [2.05, 4.69) is 10.1 Å². The minimum Gasteiger partial charge on any atom is -0.496 e. The van der Waals surface area contributed by atoms with Gasteiger partial charge in [0.05, 0.1) is 24.6 Å². The molecule has 2 rings (SSSR count). The maximum absolute atomic E-state index is 5.91. The first kappa shape index (κ1) is 14.8. The number of methoxy groups -OCH3 is 1. The third kappa shape index (κ3) is 3.95. The maximum atomic E-state index is 5.91. The van der Waals surface area contributed by atoms with Crippen LogP contribution in [0.5, 0.6) is 5.75 Å². The van der Waals surface area contributed by atoms with Crippen LogP contribution in [0.25, 0.3) is 0 Å². The van der Waals surface area contributed by atoms with Gasteiger partial charge in [-0.3, -0.25) is 4.98 Å². The lowest BCUT2D eigenvalue weighted by Gasteiger charge is -2.09. The highest BCUT2D eigenvalue weighted by molar-refractivity contribution is 5.76. The van der Waals surface area contributed by atoms with Gasteiger partial charge in [-0.2, -0.15) is 0 Å². The van der Waals surface area contributed by atoms with Crippen LogP contribution in [0.2, 0.25) is 0 Å². The van der Waals surface area contributed by atoms with E-state index in [4.69, 9.17) is 15.3 Å². The number of nitrogens with two attached hydrogens (primary N) is 1. The molecule has 1 aromatic carbocycles. The Labute approximate surface area is 124 Å². The number of nitrogens with zero attached hydrogens (tertiary/aromatic N) is 2. The zero-order valence-electron chi connectivity index (χ0n) is 12.5. The van der Waals surface area contributed by atoms with Crippen LogP contribution in [0.4, 0.5) is 5.69 Å². The van der Waals surface area contributed by atoms with E-state index in [1.807, 2.05) is 38.1 Å². The van der Waals surface area contributed by atoms with Crippen molar-refractivity contribution in [2.75, 3.05) is 12.8 Å². The number of oxime groups is 1. The van der Waals surface area contributed by atoms with Gasteiger partial charge in [-0.1, -0.05) is 11.2 Å². The fourth-order valence-electron chi connectivity index (χ4n) is 2.06. The van der Waals surface area contributed by atoms with Crippen molar-refractivity contribution in [3.05, 3.63) is 52.8 Å². The fraction of sp³-hybridized carbons (Fsp3) is 0.250. The molecule has 110 valence electrons. The van der Waals surface area contributed by atoms with Gasteiger partial charge in [0.25, 0.3) is 0 Å². The average Bonchev–Trinajstić information content (AvgIpc) is 2.43. The number of nitrogen functional groups attached to an aromatic ring is 1. The zero-order chi connectivity index (χ0) is 15.2. The quantitative estimate of drug-likeness (QED) is 0.521. The summed E-state index contributed by atoms with van der Waals surface area (Å²) in [5.74, 6) is 0.690. The SMILES string of the molecule is COc1cccc(N)c1CON=Cc1cc(C)cc(C)n1. The molecular formula is C16H19N3O2. The summed E-state index contributed by atoms with van der Waals surface area (Å²) in [5.41, 5.74) is 10.2. The predicted molar refractivity (Wildman–Crippen MR) is 83.5 cm³/mol. The van der Waals surface area contributed by atoms with Crippen LogP contribution in [-0.4, -0.2) is 18.3 Å². The number of rotatable bonds is 5. The molecule has 0 saturated carbocycles. The van der Waals surface area contributed by atoms with E-state index in [9.17, 15) is 0 Å². The second-order valence-electron chi connectivity index (χ2n) is 4.75. The van der Waals surface area contributed by atoms with Gasteiger partial charge >= 0.3 is 0 Å². The van der Waals surface area contributed by atoms with E-state index in [0.717, 1.165) is 22.5 Å². The molecule has 0 aliphatic heterocycles. The molecule has 1 heterocycles. The lowest BCUT2D eigenvalue weighted by Crippen LogP contribution is -1.99. The summed E-state index contributed by atoms with van der Waals surface area (Å²) in [6, 6.07) is 9.42.